The van der Waals surface area contributed by atoms with Gasteiger partial charge in [0, 0.05) is 19.0 Å². The van der Waals surface area contributed by atoms with E-state index < -0.39 is 0 Å². The van der Waals surface area contributed by atoms with Crippen LogP contribution in [0.4, 0.5) is 5.95 Å². The number of alkyl halides is 1. The van der Waals surface area contributed by atoms with E-state index in [1.165, 1.54) is 0 Å². The van der Waals surface area contributed by atoms with E-state index in [-0.39, 0.29) is 0 Å². The van der Waals surface area contributed by atoms with Crippen LogP contribution in [-0.2, 0) is 0 Å². The average Bonchev–Trinajstić information content (AvgIpc) is 2.70. The summed E-state index contributed by atoms with van der Waals surface area (Å²) in [7, 11) is 0. The first-order valence-electron chi connectivity index (χ1n) is 5.19. The SMILES string of the molecule is Cc1nnc(N2CCC(CCl)C2)nc1C. The summed E-state index contributed by atoms with van der Waals surface area (Å²) in [5.74, 6) is 2.02. The minimum absolute atomic E-state index is 0.567. The predicted molar refractivity (Wildman–Crippen MR) is 60.3 cm³/mol. The van der Waals surface area contributed by atoms with Crippen molar-refractivity contribution in [2.75, 3.05) is 23.9 Å². The summed E-state index contributed by atoms with van der Waals surface area (Å²) < 4.78 is 0. The lowest BCUT2D eigenvalue weighted by molar-refractivity contribution is 0.664. The Labute approximate surface area is 94.7 Å². The minimum atomic E-state index is 0.567. The Morgan fingerprint density at radius 1 is 1.33 bits per heavy atom. The van der Waals surface area contributed by atoms with Crippen LogP contribution in [0.2, 0.25) is 0 Å². The van der Waals surface area contributed by atoms with E-state index in [1.807, 2.05) is 13.8 Å². The molecule has 1 aromatic heterocycles. The van der Waals surface area contributed by atoms with E-state index in [1.54, 1.807) is 0 Å². The van der Waals surface area contributed by atoms with Gasteiger partial charge >= 0.3 is 0 Å². The summed E-state index contributed by atoms with van der Waals surface area (Å²) in [6.45, 7) is 5.82. The fourth-order valence-corrected chi connectivity index (χ4v) is 1.97. The number of halogens is 1. The standard InChI is InChI=1S/C10H15ClN4/c1-7-8(2)13-14-10(12-7)15-4-3-9(5-11)6-15/h9H,3-6H2,1-2H3. The molecule has 0 N–H and O–H groups in total. The smallest absolute Gasteiger partial charge is 0.245 e. The molecule has 1 aromatic rings. The zero-order chi connectivity index (χ0) is 10.8. The molecular formula is C10H15ClN4. The molecular weight excluding hydrogens is 212 g/mol. The summed E-state index contributed by atoms with van der Waals surface area (Å²) in [4.78, 5) is 6.59. The maximum Gasteiger partial charge on any atom is 0.245 e. The topological polar surface area (TPSA) is 41.9 Å². The van der Waals surface area contributed by atoms with E-state index in [0.29, 0.717) is 5.92 Å². The van der Waals surface area contributed by atoms with Gasteiger partial charge < -0.3 is 4.90 Å². The summed E-state index contributed by atoms with van der Waals surface area (Å²) in [5.41, 5.74) is 1.85. The van der Waals surface area contributed by atoms with Gasteiger partial charge in [0.25, 0.3) is 0 Å². The molecule has 5 heteroatoms. The summed E-state index contributed by atoms with van der Waals surface area (Å²) in [6.07, 6.45) is 1.12. The van der Waals surface area contributed by atoms with Crippen molar-refractivity contribution in [3.05, 3.63) is 11.4 Å². The number of hydrogen-bond donors (Lipinski definition) is 0. The van der Waals surface area contributed by atoms with Crippen molar-refractivity contribution in [1.29, 1.82) is 0 Å². The highest BCUT2D eigenvalue weighted by molar-refractivity contribution is 6.18. The number of aryl methyl sites for hydroxylation is 2. The molecule has 2 rings (SSSR count). The maximum absolute atomic E-state index is 5.83. The highest BCUT2D eigenvalue weighted by Crippen LogP contribution is 2.21. The minimum Gasteiger partial charge on any atom is -0.339 e. The summed E-state index contributed by atoms with van der Waals surface area (Å²) in [6, 6.07) is 0. The summed E-state index contributed by atoms with van der Waals surface area (Å²) in [5, 5.41) is 8.20. The molecule has 1 aliphatic rings. The number of hydrogen-bond acceptors (Lipinski definition) is 4. The fraction of sp³-hybridized carbons (Fsp3) is 0.700. The zero-order valence-electron chi connectivity index (χ0n) is 9.07. The van der Waals surface area contributed by atoms with Crippen LogP contribution in [0, 0.1) is 19.8 Å². The molecule has 1 unspecified atom stereocenters. The van der Waals surface area contributed by atoms with E-state index in [4.69, 9.17) is 11.6 Å². The highest BCUT2D eigenvalue weighted by atomic mass is 35.5. The lowest BCUT2D eigenvalue weighted by Crippen LogP contribution is -2.23. The van der Waals surface area contributed by atoms with E-state index in [9.17, 15) is 0 Å². The van der Waals surface area contributed by atoms with Gasteiger partial charge in [0.2, 0.25) is 5.95 Å². The van der Waals surface area contributed by atoms with E-state index >= 15 is 0 Å². The molecule has 1 atom stereocenters. The van der Waals surface area contributed by atoms with Crippen LogP contribution in [0.5, 0.6) is 0 Å². The van der Waals surface area contributed by atoms with Crippen LogP contribution < -0.4 is 4.90 Å². The Morgan fingerprint density at radius 2 is 2.13 bits per heavy atom. The number of nitrogens with zero attached hydrogens (tertiary/aromatic N) is 4. The highest BCUT2D eigenvalue weighted by Gasteiger charge is 2.23. The van der Waals surface area contributed by atoms with Gasteiger partial charge in [0.05, 0.1) is 11.4 Å². The van der Waals surface area contributed by atoms with Crippen molar-refractivity contribution in [3.63, 3.8) is 0 Å². The number of rotatable bonds is 2. The van der Waals surface area contributed by atoms with Gasteiger partial charge in [-0.3, -0.25) is 0 Å². The van der Waals surface area contributed by atoms with Gasteiger partial charge in [-0.15, -0.1) is 16.7 Å². The van der Waals surface area contributed by atoms with Crippen LogP contribution >= 0.6 is 11.6 Å². The maximum atomic E-state index is 5.83. The molecule has 2 heterocycles. The number of anilines is 1. The quantitative estimate of drug-likeness (QED) is 0.718. The molecule has 1 fully saturated rings. The van der Waals surface area contributed by atoms with Crippen LogP contribution in [0.1, 0.15) is 17.8 Å². The van der Waals surface area contributed by atoms with Crippen LogP contribution in [0.3, 0.4) is 0 Å². The van der Waals surface area contributed by atoms with E-state index in [0.717, 1.165) is 42.7 Å². The van der Waals surface area contributed by atoms with Crippen LogP contribution in [-0.4, -0.2) is 34.2 Å². The Kier molecular flexibility index (Phi) is 3.05. The van der Waals surface area contributed by atoms with Gasteiger partial charge in [-0.2, -0.15) is 5.10 Å². The van der Waals surface area contributed by atoms with Gasteiger partial charge in [-0.1, -0.05) is 0 Å². The monoisotopic (exact) mass is 226 g/mol. The first-order chi connectivity index (χ1) is 7.20. The molecule has 0 radical (unpaired) electrons. The van der Waals surface area contributed by atoms with E-state index in [2.05, 4.69) is 20.1 Å². The largest absolute Gasteiger partial charge is 0.339 e. The second-order valence-electron chi connectivity index (χ2n) is 4.04. The first kappa shape index (κ1) is 10.6. The lowest BCUT2D eigenvalue weighted by Gasteiger charge is -2.15. The third kappa shape index (κ3) is 2.20. The van der Waals surface area contributed by atoms with Gasteiger partial charge in [-0.05, 0) is 26.2 Å². The second-order valence-corrected chi connectivity index (χ2v) is 4.35. The Morgan fingerprint density at radius 3 is 2.73 bits per heavy atom. The van der Waals surface area contributed by atoms with Crippen LogP contribution in [0.25, 0.3) is 0 Å². The van der Waals surface area contributed by atoms with Crippen molar-refractivity contribution in [3.8, 4) is 0 Å². The second kappa shape index (κ2) is 4.31. The molecule has 0 amide bonds. The lowest BCUT2D eigenvalue weighted by atomic mass is 10.2. The normalized spacial score (nSPS) is 21.0. The van der Waals surface area contributed by atoms with Crippen molar-refractivity contribution >= 4 is 17.5 Å². The van der Waals surface area contributed by atoms with Crippen molar-refractivity contribution in [2.45, 2.75) is 20.3 Å². The third-order valence-corrected chi connectivity index (χ3v) is 3.30. The molecule has 82 valence electrons. The molecule has 0 spiro atoms. The average molecular weight is 227 g/mol. The van der Waals surface area contributed by atoms with Crippen molar-refractivity contribution < 1.29 is 0 Å². The van der Waals surface area contributed by atoms with Gasteiger partial charge in [0.15, 0.2) is 0 Å². The van der Waals surface area contributed by atoms with Gasteiger partial charge in [0.1, 0.15) is 0 Å². The zero-order valence-corrected chi connectivity index (χ0v) is 9.83. The summed E-state index contributed by atoms with van der Waals surface area (Å²) >= 11 is 5.83. The Hall–Kier alpha value is -0.900. The van der Waals surface area contributed by atoms with Crippen molar-refractivity contribution in [2.24, 2.45) is 5.92 Å². The molecule has 0 aliphatic carbocycles. The Balaban J connectivity index is 2.13. The third-order valence-electron chi connectivity index (χ3n) is 2.87. The molecule has 0 aromatic carbocycles. The molecule has 1 aliphatic heterocycles. The fourth-order valence-electron chi connectivity index (χ4n) is 1.72. The van der Waals surface area contributed by atoms with Gasteiger partial charge in [-0.25, -0.2) is 4.98 Å². The number of aromatic nitrogens is 3. The molecule has 0 bridgehead atoms. The molecule has 1 saturated heterocycles. The van der Waals surface area contributed by atoms with Crippen molar-refractivity contribution in [1.82, 2.24) is 15.2 Å². The molecule has 4 nitrogen and oxygen atoms in total. The molecule has 15 heavy (non-hydrogen) atoms. The first-order valence-corrected chi connectivity index (χ1v) is 5.73. The predicted octanol–water partition coefficient (Wildman–Crippen LogP) is 1.55. The molecule has 0 saturated carbocycles. The van der Waals surface area contributed by atoms with Crippen LogP contribution in [0.15, 0.2) is 0 Å². The Bertz CT molecular complexity index is 355.